The molecule has 1 aromatic carbocycles. The average Bonchev–Trinajstić information content (AvgIpc) is 2.93. The fourth-order valence-corrected chi connectivity index (χ4v) is 2.10. The maximum Gasteiger partial charge on any atom is 0.122 e. The number of nitrogens with two attached hydrogens (primary N) is 1. The molecule has 0 bridgehead atoms. The van der Waals surface area contributed by atoms with Gasteiger partial charge >= 0.3 is 0 Å². The Kier molecular flexibility index (Phi) is 4.60. The molecule has 1 atom stereocenters. The molecule has 1 aromatic heterocycles. The Morgan fingerprint density at radius 2 is 2.05 bits per heavy atom. The van der Waals surface area contributed by atoms with E-state index in [0.717, 1.165) is 35.7 Å². The maximum absolute atomic E-state index is 5.75. The second kappa shape index (κ2) is 6.41. The molecule has 1 unspecified atom stereocenters. The lowest BCUT2D eigenvalue weighted by Gasteiger charge is -2.15. The minimum atomic E-state index is -0.0587. The third-order valence-corrected chi connectivity index (χ3v) is 3.19. The van der Waals surface area contributed by atoms with Crippen LogP contribution in [0.3, 0.4) is 0 Å². The third kappa shape index (κ3) is 3.16. The molecule has 4 heteroatoms. The quantitative estimate of drug-likeness (QED) is 0.619. The molecule has 2 aromatic rings. The first-order chi connectivity index (χ1) is 9.28. The van der Waals surface area contributed by atoms with E-state index < -0.39 is 0 Å². The Labute approximate surface area is 113 Å². The summed E-state index contributed by atoms with van der Waals surface area (Å²) in [5.41, 5.74) is 3.91. The zero-order valence-electron chi connectivity index (χ0n) is 11.3. The number of benzene rings is 1. The molecule has 0 saturated carbocycles. The van der Waals surface area contributed by atoms with Gasteiger partial charge in [0.2, 0.25) is 0 Å². The van der Waals surface area contributed by atoms with Crippen molar-refractivity contribution in [2.75, 3.05) is 7.11 Å². The lowest BCUT2D eigenvalue weighted by molar-refractivity contribution is 0.383. The van der Waals surface area contributed by atoms with E-state index in [1.54, 1.807) is 7.11 Å². The van der Waals surface area contributed by atoms with Crippen LogP contribution in [-0.2, 0) is 12.8 Å². The molecule has 3 N–H and O–H groups in total. The molecule has 0 fully saturated rings. The highest BCUT2D eigenvalue weighted by atomic mass is 16.5. The predicted octanol–water partition coefficient (Wildman–Crippen LogP) is 2.60. The number of nitrogens with one attached hydrogen (secondary N) is 1. The number of hydrogen-bond acceptors (Lipinski definition) is 4. The van der Waals surface area contributed by atoms with Crippen molar-refractivity contribution < 1.29 is 9.15 Å². The van der Waals surface area contributed by atoms with Crippen molar-refractivity contribution in [3.05, 3.63) is 53.5 Å². The molecule has 0 aliphatic heterocycles. The van der Waals surface area contributed by atoms with E-state index in [2.05, 4.69) is 12.3 Å². The molecule has 2 rings (SSSR count). The monoisotopic (exact) mass is 260 g/mol. The Balaban J connectivity index is 2.18. The molecule has 1 heterocycles. The fourth-order valence-electron chi connectivity index (χ4n) is 2.10. The van der Waals surface area contributed by atoms with Gasteiger partial charge in [0.1, 0.15) is 17.3 Å². The van der Waals surface area contributed by atoms with Gasteiger partial charge in [-0.15, -0.1) is 0 Å². The van der Waals surface area contributed by atoms with Gasteiger partial charge in [-0.2, -0.15) is 0 Å². The zero-order chi connectivity index (χ0) is 13.7. The lowest BCUT2D eigenvalue weighted by atomic mass is 10.0. The summed E-state index contributed by atoms with van der Waals surface area (Å²) < 4.78 is 11.1. The summed E-state index contributed by atoms with van der Waals surface area (Å²) in [4.78, 5) is 0. The SMILES string of the molecule is CCc1ccc(C(Cc2ccccc2OC)NN)o1. The number of ether oxygens (including phenoxy) is 1. The van der Waals surface area contributed by atoms with Gasteiger partial charge in [0.25, 0.3) is 0 Å². The van der Waals surface area contributed by atoms with Crippen molar-refractivity contribution in [3.63, 3.8) is 0 Å². The number of furan rings is 1. The molecule has 0 aliphatic carbocycles. The van der Waals surface area contributed by atoms with Crippen LogP contribution in [0.2, 0.25) is 0 Å². The highest BCUT2D eigenvalue weighted by Gasteiger charge is 2.16. The summed E-state index contributed by atoms with van der Waals surface area (Å²) in [7, 11) is 1.67. The topological polar surface area (TPSA) is 60.4 Å². The normalized spacial score (nSPS) is 12.4. The van der Waals surface area contributed by atoms with Crippen LogP contribution in [0.25, 0.3) is 0 Å². The second-order valence-corrected chi connectivity index (χ2v) is 4.39. The average molecular weight is 260 g/mol. The molecular formula is C15H20N2O2. The van der Waals surface area contributed by atoms with Crippen LogP contribution in [0, 0.1) is 0 Å². The highest BCUT2D eigenvalue weighted by Crippen LogP contribution is 2.25. The van der Waals surface area contributed by atoms with Crippen LogP contribution >= 0.6 is 0 Å². The fraction of sp³-hybridized carbons (Fsp3) is 0.333. The van der Waals surface area contributed by atoms with Crippen molar-refractivity contribution in [1.29, 1.82) is 0 Å². The number of para-hydroxylation sites is 1. The molecule has 0 radical (unpaired) electrons. The molecule has 4 nitrogen and oxygen atoms in total. The van der Waals surface area contributed by atoms with Crippen LogP contribution in [0.15, 0.2) is 40.8 Å². The lowest BCUT2D eigenvalue weighted by Crippen LogP contribution is -2.29. The summed E-state index contributed by atoms with van der Waals surface area (Å²) in [6.45, 7) is 2.06. The van der Waals surface area contributed by atoms with Gasteiger partial charge < -0.3 is 9.15 Å². The van der Waals surface area contributed by atoms with Crippen LogP contribution < -0.4 is 16.0 Å². The number of rotatable bonds is 6. The maximum atomic E-state index is 5.75. The van der Waals surface area contributed by atoms with Gasteiger partial charge in [-0.3, -0.25) is 5.84 Å². The van der Waals surface area contributed by atoms with E-state index in [1.165, 1.54) is 0 Å². The molecular weight excluding hydrogens is 240 g/mol. The smallest absolute Gasteiger partial charge is 0.122 e. The number of hydrogen-bond donors (Lipinski definition) is 2. The number of methoxy groups -OCH3 is 1. The zero-order valence-corrected chi connectivity index (χ0v) is 11.3. The van der Waals surface area contributed by atoms with Crippen molar-refractivity contribution in [1.82, 2.24) is 5.43 Å². The van der Waals surface area contributed by atoms with Crippen LogP contribution in [0.5, 0.6) is 5.75 Å². The van der Waals surface area contributed by atoms with Crippen LogP contribution in [-0.4, -0.2) is 7.11 Å². The summed E-state index contributed by atoms with van der Waals surface area (Å²) in [6.07, 6.45) is 1.60. The van der Waals surface area contributed by atoms with Crippen LogP contribution in [0.1, 0.15) is 30.0 Å². The first kappa shape index (κ1) is 13.6. The van der Waals surface area contributed by atoms with E-state index in [9.17, 15) is 0 Å². The Morgan fingerprint density at radius 1 is 1.26 bits per heavy atom. The largest absolute Gasteiger partial charge is 0.496 e. The van der Waals surface area contributed by atoms with Gasteiger partial charge in [0.15, 0.2) is 0 Å². The third-order valence-electron chi connectivity index (χ3n) is 3.19. The van der Waals surface area contributed by atoms with Crippen molar-refractivity contribution >= 4 is 0 Å². The van der Waals surface area contributed by atoms with Gasteiger partial charge in [0, 0.05) is 6.42 Å². The van der Waals surface area contributed by atoms with Crippen molar-refractivity contribution in [3.8, 4) is 5.75 Å². The van der Waals surface area contributed by atoms with Crippen LogP contribution in [0.4, 0.5) is 0 Å². The molecule has 19 heavy (non-hydrogen) atoms. The molecule has 0 spiro atoms. The first-order valence-electron chi connectivity index (χ1n) is 6.45. The van der Waals surface area contributed by atoms with E-state index >= 15 is 0 Å². The number of aryl methyl sites for hydroxylation is 1. The molecule has 0 aliphatic rings. The van der Waals surface area contributed by atoms with E-state index in [-0.39, 0.29) is 6.04 Å². The van der Waals surface area contributed by atoms with Gasteiger partial charge in [0.05, 0.1) is 13.2 Å². The summed E-state index contributed by atoms with van der Waals surface area (Å²) >= 11 is 0. The molecule has 102 valence electrons. The molecule has 0 amide bonds. The van der Waals surface area contributed by atoms with Gasteiger partial charge in [-0.05, 0) is 30.2 Å². The minimum Gasteiger partial charge on any atom is -0.496 e. The summed E-state index contributed by atoms with van der Waals surface area (Å²) in [5.74, 6) is 8.33. The van der Waals surface area contributed by atoms with E-state index in [1.807, 2.05) is 36.4 Å². The molecule has 0 saturated heterocycles. The summed E-state index contributed by atoms with van der Waals surface area (Å²) in [6, 6.07) is 11.8. The second-order valence-electron chi connectivity index (χ2n) is 4.39. The Hall–Kier alpha value is -1.78. The summed E-state index contributed by atoms with van der Waals surface area (Å²) in [5, 5.41) is 0. The highest BCUT2D eigenvalue weighted by molar-refractivity contribution is 5.34. The Morgan fingerprint density at radius 3 is 2.68 bits per heavy atom. The first-order valence-corrected chi connectivity index (χ1v) is 6.45. The predicted molar refractivity (Wildman–Crippen MR) is 74.8 cm³/mol. The Bertz CT molecular complexity index is 522. The van der Waals surface area contributed by atoms with Gasteiger partial charge in [-0.25, -0.2) is 5.43 Å². The number of hydrazine groups is 1. The standard InChI is InChI=1S/C15H20N2O2/c1-3-12-8-9-15(19-12)13(17-16)10-11-6-4-5-7-14(11)18-2/h4-9,13,17H,3,10,16H2,1-2H3. The van der Waals surface area contributed by atoms with E-state index in [4.69, 9.17) is 15.0 Å². The van der Waals surface area contributed by atoms with Gasteiger partial charge in [-0.1, -0.05) is 25.1 Å². The minimum absolute atomic E-state index is 0.0587. The van der Waals surface area contributed by atoms with E-state index in [0.29, 0.717) is 0 Å². The van der Waals surface area contributed by atoms with Crippen molar-refractivity contribution in [2.24, 2.45) is 5.84 Å². The van der Waals surface area contributed by atoms with Crippen molar-refractivity contribution in [2.45, 2.75) is 25.8 Å².